The lowest BCUT2D eigenvalue weighted by atomic mass is 9.98. The number of amides is 1. The van der Waals surface area contributed by atoms with E-state index in [9.17, 15) is 13.2 Å². The maximum atomic E-state index is 12.9. The van der Waals surface area contributed by atoms with Gasteiger partial charge in [0, 0.05) is 26.1 Å². The van der Waals surface area contributed by atoms with Crippen molar-refractivity contribution in [1.29, 1.82) is 0 Å². The summed E-state index contributed by atoms with van der Waals surface area (Å²) in [6, 6.07) is 12.7. The summed E-state index contributed by atoms with van der Waals surface area (Å²) in [5.74, 6) is 0.587. The van der Waals surface area contributed by atoms with Crippen molar-refractivity contribution in [3.05, 3.63) is 52.8 Å². The molecule has 1 aromatic heterocycles. The van der Waals surface area contributed by atoms with Crippen LogP contribution in [0.15, 0.2) is 52.4 Å². The van der Waals surface area contributed by atoms with Gasteiger partial charge >= 0.3 is 0 Å². The minimum Gasteiger partial charge on any atom is -0.497 e. The van der Waals surface area contributed by atoms with Crippen LogP contribution in [-0.4, -0.2) is 43.4 Å². The third kappa shape index (κ3) is 4.76. The molecular weight excluding hydrogens is 458 g/mol. The van der Waals surface area contributed by atoms with Gasteiger partial charge in [0.2, 0.25) is 10.0 Å². The summed E-state index contributed by atoms with van der Waals surface area (Å²) >= 11 is 1.51. The first-order valence-electron chi connectivity index (χ1n) is 11.0. The number of hydrogen-bond acceptors (Lipinski definition) is 5. The van der Waals surface area contributed by atoms with Gasteiger partial charge in [-0.15, -0.1) is 0 Å². The van der Waals surface area contributed by atoms with Crippen LogP contribution in [0.5, 0.6) is 5.75 Å². The van der Waals surface area contributed by atoms with Crippen LogP contribution in [0.3, 0.4) is 0 Å². The number of methoxy groups -OCH3 is 1. The molecule has 7 nitrogen and oxygen atoms in total. The van der Waals surface area contributed by atoms with E-state index in [1.165, 1.54) is 28.3 Å². The van der Waals surface area contributed by atoms with E-state index in [0.717, 1.165) is 10.2 Å². The standard InChI is InChI=1S/C24H29N3O4S2/c1-16(2)18-5-10-21-22(15-18)32-24(26(21)3)25-23(28)17-11-13-27(14-12-17)33(29,30)20-8-6-19(31-4)7-9-20/h5-10,15-17H,11-14H2,1-4H3. The molecule has 1 saturated heterocycles. The number of piperidine rings is 1. The molecule has 33 heavy (non-hydrogen) atoms. The average molecular weight is 488 g/mol. The summed E-state index contributed by atoms with van der Waals surface area (Å²) in [6.45, 7) is 4.92. The van der Waals surface area contributed by atoms with Crippen LogP contribution in [0, 0.1) is 5.92 Å². The maximum absolute atomic E-state index is 12.9. The number of carbonyl (C=O) groups is 1. The van der Waals surface area contributed by atoms with E-state index in [1.807, 2.05) is 11.6 Å². The Morgan fingerprint density at radius 3 is 2.39 bits per heavy atom. The number of hydrogen-bond donors (Lipinski definition) is 0. The third-order valence-electron chi connectivity index (χ3n) is 6.21. The van der Waals surface area contributed by atoms with E-state index in [1.54, 1.807) is 24.3 Å². The highest BCUT2D eigenvalue weighted by molar-refractivity contribution is 7.89. The molecular formula is C24H29N3O4S2. The first-order chi connectivity index (χ1) is 15.7. The SMILES string of the molecule is COc1ccc(S(=O)(=O)N2CCC(C(=O)N=c3sc4cc(C(C)C)ccc4n3C)CC2)cc1. The highest BCUT2D eigenvalue weighted by Gasteiger charge is 2.32. The highest BCUT2D eigenvalue weighted by Crippen LogP contribution is 2.26. The second-order valence-electron chi connectivity index (χ2n) is 8.63. The number of aryl methyl sites for hydroxylation is 1. The van der Waals surface area contributed by atoms with Gasteiger partial charge in [-0.3, -0.25) is 4.79 Å². The molecule has 0 radical (unpaired) electrons. The molecule has 0 unspecified atom stereocenters. The average Bonchev–Trinajstić information content (AvgIpc) is 3.13. The molecule has 0 N–H and O–H groups in total. The molecule has 0 saturated carbocycles. The molecule has 176 valence electrons. The fraction of sp³-hybridized carbons (Fsp3) is 0.417. The molecule has 3 aromatic rings. The van der Waals surface area contributed by atoms with Gasteiger partial charge in [0.1, 0.15) is 5.75 Å². The molecule has 9 heteroatoms. The zero-order valence-electron chi connectivity index (χ0n) is 19.3. The molecule has 0 spiro atoms. The maximum Gasteiger partial charge on any atom is 0.251 e. The molecule has 2 aromatic carbocycles. The highest BCUT2D eigenvalue weighted by atomic mass is 32.2. The normalized spacial score (nSPS) is 16.6. The zero-order valence-corrected chi connectivity index (χ0v) is 20.9. The number of fused-ring (bicyclic) bond motifs is 1. The first kappa shape index (κ1) is 23.7. The number of nitrogens with zero attached hydrogens (tertiary/aromatic N) is 3. The van der Waals surface area contributed by atoms with Crippen LogP contribution in [0.2, 0.25) is 0 Å². The van der Waals surface area contributed by atoms with Crippen molar-refractivity contribution < 1.29 is 17.9 Å². The summed E-state index contributed by atoms with van der Waals surface area (Å²) in [5, 5.41) is 0. The predicted molar refractivity (Wildman–Crippen MR) is 130 cm³/mol. The van der Waals surface area contributed by atoms with E-state index >= 15 is 0 Å². The van der Waals surface area contributed by atoms with Crippen molar-refractivity contribution in [2.45, 2.75) is 37.5 Å². The van der Waals surface area contributed by atoms with Crippen molar-refractivity contribution in [1.82, 2.24) is 8.87 Å². The Morgan fingerprint density at radius 1 is 1.12 bits per heavy atom. The van der Waals surface area contributed by atoms with Gasteiger partial charge in [-0.2, -0.15) is 9.30 Å². The molecule has 0 bridgehead atoms. The molecule has 0 atom stereocenters. The Bertz CT molecular complexity index is 1330. The summed E-state index contributed by atoms with van der Waals surface area (Å²) in [7, 11) is -0.136. The molecule has 0 aliphatic carbocycles. The van der Waals surface area contributed by atoms with Crippen LogP contribution < -0.4 is 9.54 Å². The van der Waals surface area contributed by atoms with Gasteiger partial charge in [0.25, 0.3) is 5.91 Å². The first-order valence-corrected chi connectivity index (χ1v) is 13.3. The summed E-state index contributed by atoms with van der Waals surface area (Å²) in [5.41, 5.74) is 2.31. The Morgan fingerprint density at radius 2 is 1.79 bits per heavy atom. The summed E-state index contributed by atoms with van der Waals surface area (Å²) in [4.78, 5) is 18.2. The van der Waals surface area contributed by atoms with Crippen LogP contribution in [0.4, 0.5) is 0 Å². The van der Waals surface area contributed by atoms with Gasteiger partial charge in [-0.1, -0.05) is 31.3 Å². The Balaban J connectivity index is 1.48. The number of thiazole rings is 1. The second-order valence-corrected chi connectivity index (χ2v) is 11.6. The van der Waals surface area contributed by atoms with E-state index < -0.39 is 10.0 Å². The lowest BCUT2D eigenvalue weighted by Gasteiger charge is -2.29. The number of benzene rings is 2. The Kier molecular flexibility index (Phi) is 6.74. The lowest BCUT2D eigenvalue weighted by molar-refractivity contribution is -0.122. The minimum absolute atomic E-state index is 0.178. The third-order valence-corrected chi connectivity index (χ3v) is 9.21. The van der Waals surface area contributed by atoms with E-state index in [2.05, 4.69) is 37.0 Å². The van der Waals surface area contributed by atoms with Crippen molar-refractivity contribution in [3.8, 4) is 5.75 Å². The monoisotopic (exact) mass is 487 g/mol. The van der Waals surface area contributed by atoms with E-state index in [-0.39, 0.29) is 16.7 Å². The molecule has 1 fully saturated rings. The number of rotatable bonds is 5. The van der Waals surface area contributed by atoms with Crippen molar-refractivity contribution in [3.63, 3.8) is 0 Å². The van der Waals surface area contributed by atoms with Gasteiger partial charge in [-0.25, -0.2) is 8.42 Å². The van der Waals surface area contributed by atoms with E-state index in [0.29, 0.717) is 42.4 Å². The van der Waals surface area contributed by atoms with Crippen molar-refractivity contribution >= 4 is 37.5 Å². The van der Waals surface area contributed by atoms with Crippen molar-refractivity contribution in [2.24, 2.45) is 18.0 Å². The number of ether oxygens (including phenoxy) is 1. The molecule has 4 rings (SSSR count). The van der Waals surface area contributed by atoms with Crippen LogP contribution in [0.25, 0.3) is 10.2 Å². The summed E-state index contributed by atoms with van der Waals surface area (Å²) < 4.78 is 35.5. The molecule has 1 amide bonds. The van der Waals surface area contributed by atoms with Crippen LogP contribution in [-0.2, 0) is 21.9 Å². The smallest absolute Gasteiger partial charge is 0.251 e. The quantitative estimate of drug-likeness (QED) is 0.547. The number of aromatic nitrogens is 1. The Hall–Kier alpha value is -2.49. The second kappa shape index (κ2) is 9.40. The lowest BCUT2D eigenvalue weighted by Crippen LogP contribution is -2.40. The number of sulfonamides is 1. The zero-order chi connectivity index (χ0) is 23.8. The topological polar surface area (TPSA) is 81.0 Å². The van der Waals surface area contributed by atoms with Gasteiger partial charge < -0.3 is 9.30 Å². The van der Waals surface area contributed by atoms with E-state index in [4.69, 9.17) is 4.74 Å². The number of carbonyl (C=O) groups excluding carboxylic acids is 1. The molecule has 1 aliphatic heterocycles. The fourth-order valence-corrected chi connectivity index (χ4v) is 6.58. The predicted octanol–water partition coefficient (Wildman–Crippen LogP) is 3.90. The van der Waals surface area contributed by atoms with Crippen LogP contribution in [0.1, 0.15) is 38.2 Å². The Labute approximate surface area is 198 Å². The van der Waals surface area contributed by atoms with Gasteiger partial charge in [0.15, 0.2) is 4.80 Å². The fourth-order valence-electron chi connectivity index (χ4n) is 4.04. The molecule has 1 aliphatic rings. The molecule has 2 heterocycles. The van der Waals surface area contributed by atoms with Crippen LogP contribution >= 0.6 is 11.3 Å². The van der Waals surface area contributed by atoms with Gasteiger partial charge in [-0.05, 0) is 60.7 Å². The van der Waals surface area contributed by atoms with Crippen molar-refractivity contribution in [2.75, 3.05) is 20.2 Å². The largest absolute Gasteiger partial charge is 0.497 e. The minimum atomic E-state index is -3.60. The summed E-state index contributed by atoms with van der Waals surface area (Å²) in [6.07, 6.45) is 0.924. The van der Waals surface area contributed by atoms with Gasteiger partial charge in [0.05, 0.1) is 22.2 Å².